The number of nitrogens with zero attached hydrogens (tertiary/aromatic N) is 5. The third kappa shape index (κ3) is 3.90. The van der Waals surface area contributed by atoms with Gasteiger partial charge in [-0.25, -0.2) is 5.43 Å². The van der Waals surface area contributed by atoms with E-state index < -0.39 is 0 Å². The Kier molecular flexibility index (Phi) is 5.10. The fourth-order valence-electron chi connectivity index (χ4n) is 5.44. The first-order valence-electron chi connectivity index (χ1n) is 12.4. The predicted molar refractivity (Wildman–Crippen MR) is 134 cm³/mol. The smallest absolute Gasteiger partial charge is 0.231 e. The quantitative estimate of drug-likeness (QED) is 0.584. The van der Waals surface area contributed by atoms with E-state index in [4.69, 9.17) is 19.4 Å². The van der Waals surface area contributed by atoms with Crippen molar-refractivity contribution in [2.75, 3.05) is 54.7 Å². The first-order valence-corrected chi connectivity index (χ1v) is 12.4. The molecule has 0 aliphatic carbocycles. The molecule has 1 aromatic heterocycles. The van der Waals surface area contributed by atoms with E-state index in [1.165, 1.54) is 16.7 Å². The number of hydrazine groups is 1. The van der Waals surface area contributed by atoms with Crippen LogP contribution >= 0.6 is 0 Å². The molecule has 1 atom stereocenters. The Morgan fingerprint density at radius 2 is 1.71 bits per heavy atom. The van der Waals surface area contributed by atoms with Crippen LogP contribution in [0.15, 0.2) is 48.5 Å². The van der Waals surface area contributed by atoms with Gasteiger partial charge in [-0.2, -0.15) is 9.97 Å². The molecule has 0 amide bonds. The summed E-state index contributed by atoms with van der Waals surface area (Å²) >= 11 is 0. The minimum Gasteiger partial charge on any atom is -0.454 e. The minimum atomic E-state index is 0.277. The fraction of sp³-hybridized carbons (Fsp3) is 0.385. The average molecular weight is 472 g/mol. The largest absolute Gasteiger partial charge is 0.454 e. The molecule has 0 saturated carbocycles. The molecule has 5 heterocycles. The maximum Gasteiger partial charge on any atom is 0.231 e. The molecule has 0 spiro atoms. The number of hydrogen-bond donors (Lipinski definition) is 2. The van der Waals surface area contributed by atoms with Crippen molar-refractivity contribution in [2.24, 2.45) is 0 Å². The van der Waals surface area contributed by atoms with Crippen molar-refractivity contribution in [1.82, 2.24) is 20.3 Å². The second-order valence-electron chi connectivity index (χ2n) is 9.58. The van der Waals surface area contributed by atoms with Gasteiger partial charge in [-0.1, -0.05) is 36.4 Å². The molecular weight excluding hydrogens is 442 g/mol. The van der Waals surface area contributed by atoms with E-state index in [1.54, 1.807) is 0 Å². The monoisotopic (exact) mass is 471 g/mol. The summed E-state index contributed by atoms with van der Waals surface area (Å²) in [7, 11) is 0. The summed E-state index contributed by atoms with van der Waals surface area (Å²) in [5.41, 5.74) is 10.5. The lowest BCUT2D eigenvalue weighted by Crippen LogP contribution is -2.46. The lowest BCUT2D eigenvalue weighted by atomic mass is 10.0. The number of ether oxygens (including phenoxy) is 2. The van der Waals surface area contributed by atoms with Crippen LogP contribution in [0.2, 0.25) is 0 Å². The van der Waals surface area contributed by atoms with Crippen molar-refractivity contribution in [3.05, 3.63) is 65.2 Å². The summed E-state index contributed by atoms with van der Waals surface area (Å²) in [6, 6.07) is 17.1. The molecular formula is C26H29N7O2. The number of nitrogens with one attached hydrogen (secondary N) is 2. The fourth-order valence-corrected chi connectivity index (χ4v) is 5.44. The minimum absolute atomic E-state index is 0.277. The van der Waals surface area contributed by atoms with Gasteiger partial charge in [0, 0.05) is 45.8 Å². The summed E-state index contributed by atoms with van der Waals surface area (Å²) in [5.74, 6) is 4.49. The van der Waals surface area contributed by atoms with Crippen LogP contribution in [0.4, 0.5) is 17.6 Å². The molecule has 7 rings (SSSR count). The Morgan fingerprint density at radius 1 is 0.857 bits per heavy atom. The highest BCUT2D eigenvalue weighted by atomic mass is 16.7. The zero-order chi connectivity index (χ0) is 23.2. The standard InChI is InChI=1S/C26H29N7O2/c1-2-4-18(5-3-1)16-33-9-8-20-23-24(30-29-20)27-26(28-25(23)33)32-12-10-31(11-13-32)15-19-6-7-21-22(14-19)35-17-34-21/h1-7,14,20,29H,8-13,15-17H2,(H,27,28,30). The Bertz CT molecular complexity index is 1230. The zero-order valence-electron chi connectivity index (χ0n) is 19.6. The van der Waals surface area contributed by atoms with Crippen LogP contribution in [0.25, 0.3) is 0 Å². The van der Waals surface area contributed by atoms with E-state index in [2.05, 4.69) is 68.0 Å². The highest BCUT2D eigenvalue weighted by Crippen LogP contribution is 2.41. The van der Waals surface area contributed by atoms with E-state index in [-0.39, 0.29) is 6.04 Å². The average Bonchev–Trinajstić information content (AvgIpc) is 3.54. The van der Waals surface area contributed by atoms with Crippen molar-refractivity contribution in [3.8, 4) is 11.5 Å². The van der Waals surface area contributed by atoms with Crippen LogP contribution in [0.1, 0.15) is 29.2 Å². The van der Waals surface area contributed by atoms with Crippen LogP contribution in [-0.2, 0) is 13.1 Å². The summed E-state index contributed by atoms with van der Waals surface area (Å²) in [6.07, 6.45) is 1.04. The Morgan fingerprint density at radius 3 is 2.60 bits per heavy atom. The van der Waals surface area contributed by atoms with Crippen molar-refractivity contribution in [2.45, 2.75) is 25.6 Å². The number of benzene rings is 2. The Hall–Kier alpha value is -3.56. The molecule has 0 bridgehead atoms. The lowest BCUT2D eigenvalue weighted by molar-refractivity contribution is 0.174. The third-order valence-electron chi connectivity index (χ3n) is 7.33. The molecule has 9 heteroatoms. The van der Waals surface area contributed by atoms with Crippen LogP contribution in [0.5, 0.6) is 11.5 Å². The van der Waals surface area contributed by atoms with E-state index in [0.717, 1.165) is 81.3 Å². The highest BCUT2D eigenvalue weighted by Gasteiger charge is 2.35. The number of fused-ring (bicyclic) bond motifs is 1. The van der Waals surface area contributed by atoms with Crippen LogP contribution in [0.3, 0.4) is 0 Å². The van der Waals surface area contributed by atoms with Crippen molar-refractivity contribution in [3.63, 3.8) is 0 Å². The molecule has 4 aliphatic heterocycles. The first-order chi connectivity index (χ1) is 17.3. The van der Waals surface area contributed by atoms with Gasteiger partial charge in [0.25, 0.3) is 0 Å². The van der Waals surface area contributed by atoms with Gasteiger partial charge < -0.3 is 24.7 Å². The molecule has 0 radical (unpaired) electrons. The second kappa shape index (κ2) is 8.58. The Labute approximate surface area is 204 Å². The number of aromatic nitrogens is 2. The highest BCUT2D eigenvalue weighted by molar-refractivity contribution is 5.67. The van der Waals surface area contributed by atoms with Gasteiger partial charge in [-0.05, 0) is 29.7 Å². The van der Waals surface area contributed by atoms with Gasteiger partial charge in [0.05, 0.1) is 11.6 Å². The summed E-state index contributed by atoms with van der Waals surface area (Å²) in [5, 5.41) is 0. The van der Waals surface area contributed by atoms with E-state index in [0.29, 0.717) is 6.79 Å². The normalized spacial score (nSPS) is 20.6. The first kappa shape index (κ1) is 20.8. The maximum atomic E-state index is 5.54. The predicted octanol–water partition coefficient (Wildman–Crippen LogP) is 2.91. The van der Waals surface area contributed by atoms with E-state index in [1.807, 2.05) is 6.07 Å². The lowest BCUT2D eigenvalue weighted by Gasteiger charge is -2.36. The number of piperazine rings is 1. The Balaban J connectivity index is 1.07. The molecule has 1 fully saturated rings. The van der Waals surface area contributed by atoms with Gasteiger partial charge >= 0.3 is 0 Å². The molecule has 3 aromatic rings. The molecule has 2 aromatic carbocycles. The van der Waals surface area contributed by atoms with Crippen molar-refractivity contribution < 1.29 is 9.47 Å². The van der Waals surface area contributed by atoms with E-state index in [9.17, 15) is 0 Å². The van der Waals surface area contributed by atoms with Gasteiger partial charge in [0.15, 0.2) is 17.3 Å². The topological polar surface area (TPSA) is 78.0 Å². The van der Waals surface area contributed by atoms with Crippen LogP contribution in [0, 0.1) is 0 Å². The zero-order valence-corrected chi connectivity index (χ0v) is 19.6. The molecule has 35 heavy (non-hydrogen) atoms. The molecule has 2 N–H and O–H groups in total. The van der Waals surface area contributed by atoms with Gasteiger partial charge in [-0.15, -0.1) is 0 Å². The molecule has 1 saturated heterocycles. The summed E-state index contributed by atoms with van der Waals surface area (Å²) in [6.45, 7) is 6.78. The molecule has 9 nitrogen and oxygen atoms in total. The number of hydrogen-bond acceptors (Lipinski definition) is 9. The summed E-state index contributed by atoms with van der Waals surface area (Å²) < 4.78 is 11.0. The number of rotatable bonds is 5. The number of anilines is 3. The SMILES string of the molecule is c1ccc(CN2CCC3NNc4nc(N5CCN(Cc6ccc7c(c6)OCO7)CC5)nc2c43)cc1. The van der Waals surface area contributed by atoms with Gasteiger partial charge in [-0.3, -0.25) is 4.90 Å². The van der Waals surface area contributed by atoms with E-state index >= 15 is 0 Å². The van der Waals surface area contributed by atoms with Crippen molar-refractivity contribution in [1.29, 1.82) is 0 Å². The molecule has 1 unspecified atom stereocenters. The van der Waals surface area contributed by atoms with Gasteiger partial charge in [0.2, 0.25) is 12.7 Å². The second-order valence-corrected chi connectivity index (χ2v) is 9.58. The molecule has 4 aliphatic rings. The third-order valence-corrected chi connectivity index (χ3v) is 7.33. The van der Waals surface area contributed by atoms with Crippen molar-refractivity contribution >= 4 is 17.6 Å². The van der Waals surface area contributed by atoms with Crippen LogP contribution in [-0.4, -0.2) is 54.4 Å². The van der Waals surface area contributed by atoms with Gasteiger partial charge in [0.1, 0.15) is 5.82 Å². The van der Waals surface area contributed by atoms with Crippen LogP contribution < -0.4 is 30.1 Å². The molecule has 180 valence electrons. The summed E-state index contributed by atoms with van der Waals surface area (Å²) in [4.78, 5) is 17.2. The maximum absolute atomic E-state index is 5.54.